The highest BCUT2D eigenvalue weighted by atomic mass is 32.2. The maximum Gasteiger partial charge on any atom is 0.175 e. The van der Waals surface area contributed by atoms with Crippen LogP contribution in [0.5, 0.6) is 0 Å². The molecule has 0 aliphatic heterocycles. The van der Waals surface area contributed by atoms with Crippen molar-refractivity contribution in [2.75, 3.05) is 18.2 Å². The molecule has 5 nitrogen and oxygen atoms in total. The van der Waals surface area contributed by atoms with E-state index in [9.17, 15) is 8.42 Å². The van der Waals surface area contributed by atoms with Crippen LogP contribution in [-0.2, 0) is 9.84 Å². The number of benzene rings is 1. The van der Waals surface area contributed by atoms with Crippen LogP contribution in [0.2, 0.25) is 0 Å². The molecule has 2 aliphatic carbocycles. The molecule has 2 fully saturated rings. The van der Waals surface area contributed by atoms with E-state index in [-0.39, 0.29) is 0 Å². The van der Waals surface area contributed by atoms with Gasteiger partial charge in [0.2, 0.25) is 0 Å². The second-order valence-corrected chi connectivity index (χ2v) is 8.94. The third-order valence-electron chi connectivity index (χ3n) is 5.01. The Kier molecular flexibility index (Phi) is 3.34. The van der Waals surface area contributed by atoms with Crippen molar-refractivity contribution in [2.45, 2.75) is 36.6 Å². The molecule has 0 amide bonds. The first-order valence-electron chi connectivity index (χ1n) is 8.13. The van der Waals surface area contributed by atoms with Crippen molar-refractivity contribution in [1.29, 1.82) is 0 Å². The van der Waals surface area contributed by atoms with Crippen molar-refractivity contribution in [3.63, 3.8) is 0 Å². The molecule has 4 rings (SSSR count). The van der Waals surface area contributed by atoms with Crippen molar-refractivity contribution in [2.24, 2.45) is 11.8 Å². The zero-order valence-electron chi connectivity index (χ0n) is 13.4. The number of aromatic nitrogens is 2. The molecule has 0 radical (unpaired) electrons. The molecule has 0 unspecified atom stereocenters. The van der Waals surface area contributed by atoms with Crippen molar-refractivity contribution in [3.05, 3.63) is 24.5 Å². The Bertz CT molecular complexity index is 845. The largest absolute Gasteiger partial charge is 0.356 e. The SMILES string of the molecule is CN(c1ncnc2ccc(S(C)(=O)=O)cc12)C(C1CC1)C1CC1. The second kappa shape index (κ2) is 5.16. The summed E-state index contributed by atoms with van der Waals surface area (Å²) in [4.78, 5) is 11.4. The van der Waals surface area contributed by atoms with Gasteiger partial charge in [-0.15, -0.1) is 0 Å². The highest BCUT2D eigenvalue weighted by Crippen LogP contribution is 2.48. The number of sulfone groups is 1. The molecule has 2 aliphatic rings. The van der Waals surface area contributed by atoms with E-state index in [0.717, 1.165) is 28.6 Å². The second-order valence-electron chi connectivity index (χ2n) is 6.92. The summed E-state index contributed by atoms with van der Waals surface area (Å²) >= 11 is 0. The van der Waals surface area contributed by atoms with E-state index in [1.54, 1.807) is 24.5 Å². The number of hydrogen-bond acceptors (Lipinski definition) is 5. The van der Waals surface area contributed by atoms with Gasteiger partial charge in [-0.2, -0.15) is 0 Å². The van der Waals surface area contributed by atoms with Crippen molar-refractivity contribution < 1.29 is 8.42 Å². The molecular formula is C17H21N3O2S. The van der Waals surface area contributed by atoms with Crippen LogP contribution in [0.4, 0.5) is 5.82 Å². The summed E-state index contributed by atoms with van der Waals surface area (Å²) in [6, 6.07) is 5.63. The van der Waals surface area contributed by atoms with E-state index in [1.165, 1.54) is 31.9 Å². The molecule has 122 valence electrons. The van der Waals surface area contributed by atoms with E-state index in [0.29, 0.717) is 10.9 Å². The summed E-state index contributed by atoms with van der Waals surface area (Å²) in [5, 5.41) is 0.823. The van der Waals surface area contributed by atoms with Crippen LogP contribution < -0.4 is 4.90 Å². The van der Waals surface area contributed by atoms with E-state index in [1.807, 2.05) is 0 Å². The lowest BCUT2D eigenvalue weighted by Gasteiger charge is -2.30. The molecule has 2 aromatic rings. The third kappa shape index (κ3) is 2.80. The van der Waals surface area contributed by atoms with Gasteiger partial charge >= 0.3 is 0 Å². The quantitative estimate of drug-likeness (QED) is 0.843. The lowest BCUT2D eigenvalue weighted by molar-refractivity contribution is 0.501. The smallest absolute Gasteiger partial charge is 0.175 e. The maximum atomic E-state index is 11.9. The van der Waals surface area contributed by atoms with Gasteiger partial charge in [-0.3, -0.25) is 0 Å². The lowest BCUT2D eigenvalue weighted by Crippen LogP contribution is -2.36. The van der Waals surface area contributed by atoms with Crippen LogP contribution >= 0.6 is 0 Å². The Morgan fingerprint density at radius 3 is 2.35 bits per heavy atom. The summed E-state index contributed by atoms with van der Waals surface area (Å²) in [7, 11) is -1.15. The average molecular weight is 331 g/mol. The van der Waals surface area contributed by atoms with Gasteiger partial charge in [0.15, 0.2) is 9.84 Å². The van der Waals surface area contributed by atoms with Crippen LogP contribution in [0.1, 0.15) is 25.7 Å². The normalized spacial score (nSPS) is 18.6. The van der Waals surface area contributed by atoms with E-state index in [2.05, 4.69) is 21.9 Å². The first-order valence-corrected chi connectivity index (χ1v) is 10.0. The first-order chi connectivity index (χ1) is 10.9. The topological polar surface area (TPSA) is 63.2 Å². The maximum absolute atomic E-state index is 11.9. The monoisotopic (exact) mass is 331 g/mol. The molecule has 0 saturated heterocycles. The zero-order valence-corrected chi connectivity index (χ0v) is 14.3. The highest BCUT2D eigenvalue weighted by molar-refractivity contribution is 7.90. The number of nitrogens with zero attached hydrogens (tertiary/aromatic N) is 3. The van der Waals surface area contributed by atoms with E-state index < -0.39 is 9.84 Å². The van der Waals surface area contributed by atoms with Crippen molar-refractivity contribution in [3.8, 4) is 0 Å². The summed E-state index contributed by atoms with van der Waals surface area (Å²) in [6.07, 6.45) is 7.99. The minimum Gasteiger partial charge on any atom is -0.356 e. The standard InChI is InChI=1S/C17H21N3O2S/c1-20(16(11-3-4-11)12-5-6-12)17-14-9-13(23(2,21)22)7-8-15(14)18-10-19-17/h7-12,16H,3-6H2,1-2H3. The molecule has 23 heavy (non-hydrogen) atoms. The Balaban J connectivity index is 1.82. The van der Waals surface area contributed by atoms with Crippen molar-refractivity contribution in [1.82, 2.24) is 9.97 Å². The number of hydrogen-bond donors (Lipinski definition) is 0. The molecule has 6 heteroatoms. The molecule has 0 atom stereocenters. The Labute approximate surface area is 136 Å². The van der Waals surface area contributed by atoms with E-state index in [4.69, 9.17) is 0 Å². The summed E-state index contributed by atoms with van der Waals surface area (Å²) < 4.78 is 23.7. The lowest BCUT2D eigenvalue weighted by atomic mass is 10.1. The van der Waals surface area contributed by atoms with Gasteiger partial charge in [0, 0.05) is 24.7 Å². The van der Waals surface area contributed by atoms with Gasteiger partial charge in [0.1, 0.15) is 12.1 Å². The van der Waals surface area contributed by atoms with Crippen LogP contribution in [0, 0.1) is 11.8 Å². The van der Waals surface area contributed by atoms with Crippen LogP contribution in [0.15, 0.2) is 29.4 Å². The zero-order chi connectivity index (χ0) is 16.2. The molecule has 1 aromatic carbocycles. The fraction of sp³-hybridized carbons (Fsp3) is 0.529. The highest BCUT2D eigenvalue weighted by Gasteiger charge is 2.44. The van der Waals surface area contributed by atoms with Gasteiger partial charge < -0.3 is 4.90 Å². The summed E-state index contributed by atoms with van der Waals surface area (Å²) in [5.74, 6) is 2.37. The summed E-state index contributed by atoms with van der Waals surface area (Å²) in [6.45, 7) is 0. The number of rotatable bonds is 5. The Morgan fingerprint density at radius 2 is 1.78 bits per heavy atom. The van der Waals surface area contributed by atoms with Gasteiger partial charge in [-0.05, 0) is 55.7 Å². The Hall–Kier alpha value is -1.69. The van der Waals surface area contributed by atoms with Crippen LogP contribution in [0.3, 0.4) is 0 Å². The van der Waals surface area contributed by atoms with Gasteiger partial charge in [0.05, 0.1) is 10.4 Å². The first kappa shape index (κ1) is 14.9. The summed E-state index contributed by atoms with van der Waals surface area (Å²) in [5.41, 5.74) is 0.791. The third-order valence-corrected chi connectivity index (χ3v) is 6.12. The Morgan fingerprint density at radius 1 is 1.13 bits per heavy atom. The molecule has 1 heterocycles. The minimum atomic E-state index is -3.24. The minimum absolute atomic E-state index is 0.323. The predicted octanol–water partition coefficient (Wildman–Crippen LogP) is 2.66. The molecule has 0 spiro atoms. The van der Waals surface area contributed by atoms with Gasteiger partial charge in [-0.1, -0.05) is 0 Å². The molecule has 1 aromatic heterocycles. The molecule has 0 N–H and O–H groups in total. The molecular weight excluding hydrogens is 310 g/mol. The number of anilines is 1. The molecule has 2 saturated carbocycles. The molecule has 0 bridgehead atoms. The fourth-order valence-electron chi connectivity index (χ4n) is 3.57. The van der Waals surface area contributed by atoms with Crippen molar-refractivity contribution >= 4 is 26.6 Å². The van der Waals surface area contributed by atoms with Crippen LogP contribution in [-0.4, -0.2) is 37.7 Å². The van der Waals surface area contributed by atoms with E-state index >= 15 is 0 Å². The van der Waals surface area contributed by atoms with Gasteiger partial charge in [-0.25, -0.2) is 18.4 Å². The predicted molar refractivity (Wildman–Crippen MR) is 90.3 cm³/mol. The number of fused-ring (bicyclic) bond motifs is 1. The fourth-order valence-corrected chi connectivity index (χ4v) is 4.22. The van der Waals surface area contributed by atoms with Gasteiger partial charge in [0.25, 0.3) is 0 Å². The van der Waals surface area contributed by atoms with Crippen LogP contribution in [0.25, 0.3) is 10.9 Å². The average Bonchev–Trinajstić information content (AvgIpc) is 3.39.